The molecule has 0 saturated carbocycles. The summed E-state index contributed by atoms with van der Waals surface area (Å²) in [6.45, 7) is 0.523. The summed E-state index contributed by atoms with van der Waals surface area (Å²) < 4.78 is 67.5. The van der Waals surface area contributed by atoms with E-state index >= 15 is 0 Å². The first-order valence-electron chi connectivity index (χ1n) is 7.24. The van der Waals surface area contributed by atoms with Crippen LogP contribution in [-0.4, -0.2) is 39.5 Å². The van der Waals surface area contributed by atoms with E-state index in [1.807, 2.05) is 0 Å². The van der Waals surface area contributed by atoms with E-state index in [2.05, 4.69) is 9.47 Å². The molecular weight excluding hydrogens is 362 g/mol. The van der Waals surface area contributed by atoms with Crippen molar-refractivity contribution in [2.24, 2.45) is 0 Å². The number of methoxy groups -OCH3 is 2. The molecule has 0 bridgehead atoms. The zero-order chi connectivity index (χ0) is 19.6. The Morgan fingerprint density at radius 2 is 1.77 bits per heavy atom. The molecule has 0 spiro atoms. The number of ether oxygens (including phenoxy) is 3. The van der Waals surface area contributed by atoms with Crippen LogP contribution in [0.2, 0.25) is 0 Å². The number of anilines is 1. The van der Waals surface area contributed by atoms with Crippen LogP contribution in [0.15, 0.2) is 23.4 Å². The maximum absolute atomic E-state index is 13.9. The van der Waals surface area contributed by atoms with Gasteiger partial charge < -0.3 is 19.1 Å². The van der Waals surface area contributed by atoms with Crippen molar-refractivity contribution in [2.75, 3.05) is 32.5 Å². The lowest BCUT2D eigenvalue weighted by Gasteiger charge is -2.32. The Hall–Kier alpha value is -2.62. The summed E-state index contributed by atoms with van der Waals surface area (Å²) in [5.74, 6) is -3.29. The van der Waals surface area contributed by atoms with Gasteiger partial charge in [-0.15, -0.1) is 0 Å². The molecule has 6 nitrogen and oxygen atoms in total. The van der Waals surface area contributed by atoms with Crippen molar-refractivity contribution >= 4 is 17.6 Å². The fourth-order valence-electron chi connectivity index (χ4n) is 2.46. The highest BCUT2D eigenvalue weighted by molar-refractivity contribution is 6.03. The van der Waals surface area contributed by atoms with E-state index < -0.39 is 29.5 Å². The van der Waals surface area contributed by atoms with Crippen molar-refractivity contribution in [3.8, 4) is 0 Å². The SMILES string of the molecule is COC(=O)C1=C(C(=O)OC)N(c2cc(C)c(F)c(C(F)(F)F)c2)COC1. The number of carbonyl (C=O) groups excluding carboxylic acids is 2. The summed E-state index contributed by atoms with van der Waals surface area (Å²) in [4.78, 5) is 25.0. The minimum Gasteiger partial charge on any atom is -0.466 e. The highest BCUT2D eigenvalue weighted by atomic mass is 19.4. The third kappa shape index (κ3) is 3.64. The predicted octanol–water partition coefficient (Wildman–Crippen LogP) is 2.55. The normalized spacial score (nSPS) is 15.1. The number of carbonyl (C=O) groups is 2. The molecule has 26 heavy (non-hydrogen) atoms. The predicted molar refractivity (Wildman–Crippen MR) is 80.5 cm³/mol. The molecule has 10 heteroatoms. The van der Waals surface area contributed by atoms with Crippen LogP contribution < -0.4 is 4.90 Å². The van der Waals surface area contributed by atoms with E-state index in [1.54, 1.807) is 0 Å². The molecule has 0 saturated heterocycles. The number of nitrogens with zero attached hydrogens (tertiary/aromatic N) is 1. The second-order valence-corrected chi connectivity index (χ2v) is 5.34. The fraction of sp³-hybridized carbons (Fsp3) is 0.375. The van der Waals surface area contributed by atoms with Crippen LogP contribution in [-0.2, 0) is 30.0 Å². The Bertz CT molecular complexity index is 773. The topological polar surface area (TPSA) is 65.1 Å². The van der Waals surface area contributed by atoms with E-state index in [-0.39, 0.29) is 35.9 Å². The van der Waals surface area contributed by atoms with Crippen LogP contribution >= 0.6 is 0 Å². The van der Waals surface area contributed by atoms with Crippen molar-refractivity contribution in [1.82, 2.24) is 0 Å². The zero-order valence-electron chi connectivity index (χ0n) is 14.1. The Labute approximate surface area is 145 Å². The van der Waals surface area contributed by atoms with Crippen molar-refractivity contribution in [3.63, 3.8) is 0 Å². The third-order valence-corrected chi connectivity index (χ3v) is 3.69. The summed E-state index contributed by atoms with van der Waals surface area (Å²) in [5.41, 5.74) is -2.52. The standard InChI is InChI=1S/C16H15F4NO5/c1-8-4-9(5-11(12(8)17)16(18,19)20)21-7-26-6-10(14(22)24-2)13(21)15(23)25-3/h4-5H,6-7H2,1-3H3. The summed E-state index contributed by atoms with van der Waals surface area (Å²) in [5, 5.41) is 0. The minimum absolute atomic E-state index is 0.183. The summed E-state index contributed by atoms with van der Waals surface area (Å²) in [6, 6.07) is 1.64. The third-order valence-electron chi connectivity index (χ3n) is 3.69. The van der Waals surface area contributed by atoms with Crippen LogP contribution in [0, 0.1) is 12.7 Å². The quantitative estimate of drug-likeness (QED) is 0.596. The van der Waals surface area contributed by atoms with Gasteiger partial charge in [0.25, 0.3) is 0 Å². The molecule has 1 aliphatic heterocycles. The van der Waals surface area contributed by atoms with Crippen LogP contribution in [0.25, 0.3) is 0 Å². The van der Waals surface area contributed by atoms with Crippen LogP contribution in [0.4, 0.5) is 23.2 Å². The monoisotopic (exact) mass is 377 g/mol. The maximum Gasteiger partial charge on any atom is 0.419 e. The first kappa shape index (κ1) is 19.7. The second kappa shape index (κ2) is 7.32. The lowest BCUT2D eigenvalue weighted by Crippen LogP contribution is -2.39. The maximum atomic E-state index is 13.9. The highest BCUT2D eigenvalue weighted by Gasteiger charge is 2.38. The van der Waals surface area contributed by atoms with Gasteiger partial charge in [-0.1, -0.05) is 0 Å². The van der Waals surface area contributed by atoms with Crippen molar-refractivity contribution in [1.29, 1.82) is 0 Å². The van der Waals surface area contributed by atoms with Gasteiger partial charge >= 0.3 is 18.1 Å². The first-order chi connectivity index (χ1) is 12.1. The number of benzene rings is 1. The smallest absolute Gasteiger partial charge is 0.419 e. The molecule has 0 fully saturated rings. The van der Waals surface area contributed by atoms with Gasteiger partial charge in [0.15, 0.2) is 0 Å². The Morgan fingerprint density at radius 1 is 1.15 bits per heavy atom. The number of hydrogen-bond donors (Lipinski definition) is 0. The van der Waals surface area contributed by atoms with E-state index in [4.69, 9.17) is 4.74 Å². The van der Waals surface area contributed by atoms with Gasteiger partial charge in [0.05, 0.1) is 32.0 Å². The molecule has 0 aromatic heterocycles. The summed E-state index contributed by atoms with van der Waals surface area (Å²) in [7, 11) is 2.13. The summed E-state index contributed by atoms with van der Waals surface area (Å²) in [6.07, 6.45) is -4.94. The molecule has 1 aliphatic rings. The van der Waals surface area contributed by atoms with Gasteiger partial charge in [-0.3, -0.25) is 0 Å². The summed E-state index contributed by atoms with van der Waals surface area (Å²) >= 11 is 0. The van der Waals surface area contributed by atoms with E-state index in [1.165, 1.54) is 0 Å². The molecule has 142 valence electrons. The lowest BCUT2D eigenvalue weighted by atomic mass is 10.1. The minimum atomic E-state index is -4.94. The van der Waals surface area contributed by atoms with Gasteiger partial charge in [-0.25, -0.2) is 14.0 Å². The van der Waals surface area contributed by atoms with E-state index in [0.717, 1.165) is 32.1 Å². The van der Waals surface area contributed by atoms with Gasteiger partial charge in [0.1, 0.15) is 18.2 Å². The fourth-order valence-corrected chi connectivity index (χ4v) is 2.46. The van der Waals surface area contributed by atoms with Crippen molar-refractivity contribution in [3.05, 3.63) is 40.3 Å². The zero-order valence-corrected chi connectivity index (χ0v) is 14.1. The number of aryl methyl sites for hydroxylation is 1. The Kier molecular flexibility index (Phi) is 5.55. The molecule has 0 N–H and O–H groups in total. The molecule has 0 amide bonds. The number of esters is 2. The van der Waals surface area contributed by atoms with Gasteiger partial charge in [0, 0.05) is 5.69 Å². The lowest BCUT2D eigenvalue weighted by molar-refractivity contribution is -0.140. The van der Waals surface area contributed by atoms with Gasteiger partial charge in [-0.2, -0.15) is 13.2 Å². The van der Waals surface area contributed by atoms with Crippen LogP contribution in [0.5, 0.6) is 0 Å². The number of alkyl halides is 3. The Balaban J connectivity index is 2.67. The average molecular weight is 377 g/mol. The van der Waals surface area contributed by atoms with Crippen molar-refractivity contribution < 1.29 is 41.4 Å². The molecule has 1 aromatic carbocycles. The average Bonchev–Trinajstić information content (AvgIpc) is 2.60. The van der Waals surface area contributed by atoms with E-state index in [0.29, 0.717) is 6.07 Å². The van der Waals surface area contributed by atoms with Gasteiger partial charge in [0.2, 0.25) is 0 Å². The first-order valence-corrected chi connectivity index (χ1v) is 7.24. The molecule has 1 aromatic rings. The number of halogens is 4. The highest BCUT2D eigenvalue weighted by Crippen LogP contribution is 2.37. The Morgan fingerprint density at radius 3 is 2.31 bits per heavy atom. The molecule has 0 aliphatic carbocycles. The second-order valence-electron chi connectivity index (χ2n) is 5.34. The molecule has 0 unspecified atom stereocenters. The molecule has 2 rings (SSSR count). The van der Waals surface area contributed by atoms with Crippen LogP contribution in [0.1, 0.15) is 11.1 Å². The van der Waals surface area contributed by atoms with Crippen LogP contribution in [0.3, 0.4) is 0 Å². The van der Waals surface area contributed by atoms with Gasteiger partial charge in [-0.05, 0) is 24.6 Å². The van der Waals surface area contributed by atoms with Crippen molar-refractivity contribution in [2.45, 2.75) is 13.1 Å². The largest absolute Gasteiger partial charge is 0.466 e. The molecule has 0 radical (unpaired) electrons. The number of hydrogen-bond acceptors (Lipinski definition) is 6. The number of rotatable bonds is 3. The molecule has 1 heterocycles. The molecule has 0 atom stereocenters. The van der Waals surface area contributed by atoms with E-state index in [9.17, 15) is 27.2 Å². The molecular formula is C16H15F4NO5.